The van der Waals surface area contributed by atoms with Crippen molar-refractivity contribution in [2.24, 2.45) is 4.30 Å². The Morgan fingerprint density at radius 2 is 1.62 bits per heavy atom. The van der Waals surface area contributed by atoms with Gasteiger partial charge in [-0.1, -0.05) is 22.9 Å². The number of nitrogens with zero attached hydrogens (tertiary/aromatic N) is 3. The fourth-order valence-electron chi connectivity index (χ4n) is 3.09. The first-order valence-electron chi connectivity index (χ1n) is 8.45. The molecule has 0 aliphatic carbocycles. The molecule has 137 valence electrons. The first-order chi connectivity index (χ1) is 11.3. The summed E-state index contributed by atoms with van der Waals surface area (Å²) in [5.74, 6) is 0.727. The molecule has 0 N–H and O–H groups in total. The molecule has 1 radical (unpaired) electrons. The number of rotatable bonds is 4. The number of carbonyl (C=O) groups excluding carboxylic acids is 2. The van der Waals surface area contributed by atoms with Gasteiger partial charge in [0.25, 0.3) is 0 Å². The van der Waals surface area contributed by atoms with Gasteiger partial charge in [0.05, 0.1) is 16.9 Å². The number of alkyl halides is 1. The summed E-state index contributed by atoms with van der Waals surface area (Å²) in [6, 6.07) is 0.411. The number of ketones is 2. The van der Waals surface area contributed by atoms with Gasteiger partial charge in [0.2, 0.25) is 0 Å². The molecule has 2 rings (SSSR count). The van der Waals surface area contributed by atoms with Gasteiger partial charge in [0.1, 0.15) is 5.78 Å². The number of hydrogen-bond acceptors (Lipinski definition) is 6. The van der Waals surface area contributed by atoms with Gasteiger partial charge in [-0.05, 0) is 59.8 Å². The monoisotopic (exact) mass is 418 g/mol. The fourth-order valence-corrected chi connectivity index (χ4v) is 3.39. The van der Waals surface area contributed by atoms with Crippen molar-refractivity contribution in [1.29, 1.82) is 0 Å². The summed E-state index contributed by atoms with van der Waals surface area (Å²) in [5, 5.41) is 0. The molecule has 2 fully saturated rings. The number of halogens is 1. The summed E-state index contributed by atoms with van der Waals surface area (Å²) in [5.41, 5.74) is 0. The molecule has 0 aromatic heterocycles. The van der Waals surface area contributed by atoms with Crippen LogP contribution >= 0.6 is 28.7 Å². The van der Waals surface area contributed by atoms with Crippen LogP contribution in [-0.2, 0) is 9.59 Å². The van der Waals surface area contributed by atoms with Gasteiger partial charge < -0.3 is 0 Å². The van der Waals surface area contributed by atoms with Crippen LogP contribution in [0.1, 0.15) is 46.0 Å². The van der Waals surface area contributed by atoms with Gasteiger partial charge in [-0.3, -0.25) is 19.4 Å². The summed E-state index contributed by atoms with van der Waals surface area (Å²) >= 11 is 6.49. The number of likely N-dealkylation sites (tertiary alicyclic amines) is 2. The standard InChI is InChI=1S/C8H14BrNO.C8H15NO.BHNS/c1-6(9)8(11)7-4-3-5-10(7)2;1-3-8(10)7-5-4-6-9(7)2;1-2-3/h6-7H,3-5H2,1-2H3;7H,3-6H2,1-2H3;3H/t6?,7-;7-;/m00./s1. The molecule has 8 heteroatoms. The van der Waals surface area contributed by atoms with Gasteiger partial charge in [-0.25, -0.2) is 0 Å². The predicted molar refractivity (Wildman–Crippen MR) is 107 cm³/mol. The number of thiol groups is 1. The Hall–Kier alpha value is -0.0451. The average molecular weight is 419 g/mol. The first-order valence-corrected chi connectivity index (χ1v) is 9.76. The zero-order chi connectivity index (χ0) is 18.7. The number of likely N-dealkylation sites (N-methyl/N-ethyl adjacent to an activating group) is 2. The molecule has 2 saturated heterocycles. The zero-order valence-electron chi connectivity index (χ0n) is 15.2. The molecule has 3 atom stereocenters. The van der Waals surface area contributed by atoms with Crippen molar-refractivity contribution in [3.8, 4) is 0 Å². The minimum absolute atomic E-state index is 0.00745. The molecular formula is C16H30BBrN3O2S. The quantitative estimate of drug-likeness (QED) is 0.433. The molecule has 24 heavy (non-hydrogen) atoms. The van der Waals surface area contributed by atoms with Crippen molar-refractivity contribution in [2.75, 3.05) is 27.2 Å². The van der Waals surface area contributed by atoms with Gasteiger partial charge in [-0.2, -0.15) is 0 Å². The molecule has 2 aliphatic heterocycles. The second kappa shape index (κ2) is 13.2. The van der Waals surface area contributed by atoms with E-state index in [0.29, 0.717) is 18.0 Å². The van der Waals surface area contributed by atoms with Crippen LogP contribution in [0, 0.1) is 0 Å². The van der Waals surface area contributed by atoms with E-state index in [9.17, 15) is 9.59 Å². The maximum atomic E-state index is 11.5. The summed E-state index contributed by atoms with van der Waals surface area (Å²) in [7, 11) is 8.39. The number of Topliss-reactive ketones (excluding diaryl/α,β-unsaturated/α-hetero) is 2. The second-order valence-corrected chi connectivity index (χ2v) is 7.84. The fraction of sp³-hybridized carbons (Fsp3) is 0.875. The molecule has 0 saturated carbocycles. The van der Waals surface area contributed by atoms with Crippen molar-refractivity contribution in [2.45, 2.75) is 62.9 Å². The van der Waals surface area contributed by atoms with Crippen LogP contribution in [0.15, 0.2) is 4.30 Å². The molecular weight excluding hydrogens is 389 g/mol. The minimum atomic E-state index is 0.00745. The van der Waals surface area contributed by atoms with Crippen LogP contribution in [0.5, 0.6) is 0 Å². The van der Waals surface area contributed by atoms with Gasteiger partial charge in [0.15, 0.2) is 5.78 Å². The Labute approximate surface area is 161 Å². The topological polar surface area (TPSA) is 53.0 Å². The van der Waals surface area contributed by atoms with Crippen molar-refractivity contribution in [1.82, 2.24) is 9.80 Å². The van der Waals surface area contributed by atoms with Gasteiger partial charge in [-0.15, -0.1) is 0 Å². The van der Waals surface area contributed by atoms with Crippen LogP contribution in [0.2, 0.25) is 0 Å². The van der Waals surface area contributed by atoms with Crippen molar-refractivity contribution < 1.29 is 9.59 Å². The van der Waals surface area contributed by atoms with E-state index < -0.39 is 0 Å². The Kier molecular flexibility index (Phi) is 13.2. The van der Waals surface area contributed by atoms with Crippen molar-refractivity contribution >= 4 is 47.9 Å². The molecule has 0 spiro atoms. The third kappa shape index (κ3) is 8.36. The van der Waals surface area contributed by atoms with Crippen LogP contribution in [0.25, 0.3) is 0 Å². The molecule has 0 bridgehead atoms. The number of hydrogen-bond donors (Lipinski definition) is 1. The average Bonchev–Trinajstić information content (AvgIpc) is 3.15. The third-order valence-electron chi connectivity index (χ3n) is 4.48. The molecule has 5 nitrogen and oxygen atoms in total. The van der Waals surface area contributed by atoms with E-state index in [1.165, 1.54) is 6.42 Å². The Morgan fingerprint density at radius 3 is 1.92 bits per heavy atom. The zero-order valence-corrected chi connectivity index (χ0v) is 17.7. The van der Waals surface area contributed by atoms with Gasteiger partial charge >= 0.3 is 24.8 Å². The van der Waals surface area contributed by atoms with Crippen LogP contribution in [0.4, 0.5) is 0 Å². The SMILES string of the molecule is CC(Br)C(=O)[C@@H]1CCCN1C.CCC(=O)[C@@H]1CCCN1C.[B]=NS. The summed E-state index contributed by atoms with van der Waals surface area (Å²) in [6.07, 6.45) is 5.14. The Balaban J connectivity index is 0.000000381. The molecule has 0 aromatic carbocycles. The van der Waals surface area contributed by atoms with E-state index in [-0.39, 0.29) is 16.9 Å². The molecule has 1 unspecified atom stereocenters. The normalized spacial score (nSPS) is 25.0. The van der Waals surface area contributed by atoms with E-state index in [1.54, 1.807) is 0 Å². The molecule has 0 amide bonds. The van der Waals surface area contributed by atoms with E-state index in [1.807, 2.05) is 27.9 Å². The van der Waals surface area contributed by atoms with Gasteiger partial charge in [0, 0.05) is 6.42 Å². The molecule has 0 aromatic rings. The van der Waals surface area contributed by atoms with Crippen molar-refractivity contribution in [3.05, 3.63) is 0 Å². The third-order valence-corrected chi connectivity index (χ3v) is 4.93. The summed E-state index contributed by atoms with van der Waals surface area (Å²) in [6.45, 7) is 6.00. The maximum absolute atomic E-state index is 11.5. The first kappa shape index (κ1) is 24.0. The Bertz CT molecular complexity index is 413. The van der Waals surface area contributed by atoms with E-state index >= 15 is 0 Å². The molecule has 2 heterocycles. The second-order valence-electron chi connectivity index (χ2n) is 6.23. The summed E-state index contributed by atoms with van der Waals surface area (Å²) in [4.78, 5) is 27.0. The van der Waals surface area contributed by atoms with E-state index in [4.69, 9.17) is 0 Å². The van der Waals surface area contributed by atoms with Crippen LogP contribution < -0.4 is 0 Å². The van der Waals surface area contributed by atoms with Crippen molar-refractivity contribution in [3.63, 3.8) is 0 Å². The predicted octanol–water partition coefficient (Wildman–Crippen LogP) is 2.68. The van der Waals surface area contributed by atoms with Crippen LogP contribution in [-0.4, -0.2) is 73.1 Å². The number of carbonyl (C=O) groups is 2. The van der Waals surface area contributed by atoms with E-state index in [2.05, 4.69) is 50.5 Å². The summed E-state index contributed by atoms with van der Waals surface area (Å²) < 4.78 is 2.69. The van der Waals surface area contributed by atoms with Crippen LogP contribution in [0.3, 0.4) is 0 Å². The Morgan fingerprint density at radius 1 is 1.21 bits per heavy atom. The molecule has 2 aliphatic rings. The van der Waals surface area contributed by atoms with E-state index in [0.717, 1.165) is 32.4 Å².